The Morgan fingerprint density at radius 1 is 1.21 bits per heavy atom. The molecule has 3 aromatic rings. The van der Waals surface area contributed by atoms with Crippen LogP contribution in [0.4, 0.5) is 13.2 Å². The second kappa shape index (κ2) is 7.94. The summed E-state index contributed by atoms with van der Waals surface area (Å²) in [7, 11) is 1.49. The lowest BCUT2D eigenvalue weighted by atomic mass is 10.2. The number of carbonyl (C=O) groups is 1. The van der Waals surface area contributed by atoms with Crippen LogP contribution in [0.1, 0.15) is 16.2 Å². The highest BCUT2D eigenvalue weighted by Gasteiger charge is 2.32. The van der Waals surface area contributed by atoms with Gasteiger partial charge in [-0.15, -0.1) is 13.2 Å². The third kappa shape index (κ3) is 4.55. The van der Waals surface area contributed by atoms with Gasteiger partial charge in [-0.1, -0.05) is 12.1 Å². The molecule has 2 heterocycles. The number of ether oxygens (including phenoxy) is 2. The van der Waals surface area contributed by atoms with E-state index in [2.05, 4.69) is 30.2 Å². The molecule has 0 fully saturated rings. The van der Waals surface area contributed by atoms with Crippen molar-refractivity contribution in [1.82, 2.24) is 25.5 Å². The molecule has 3 rings (SSSR count). The fraction of sp³-hybridized carbons (Fsp3) is 0.176. The zero-order chi connectivity index (χ0) is 20.1. The fourth-order valence-electron chi connectivity index (χ4n) is 2.35. The van der Waals surface area contributed by atoms with Crippen LogP contribution in [0, 0.1) is 0 Å². The van der Waals surface area contributed by atoms with E-state index in [0.29, 0.717) is 23.0 Å². The summed E-state index contributed by atoms with van der Waals surface area (Å²) in [6, 6.07) is 6.69. The number of nitrogens with zero attached hydrogens (tertiary/aromatic N) is 3. The van der Waals surface area contributed by atoms with E-state index in [4.69, 9.17) is 4.74 Å². The third-order valence-electron chi connectivity index (χ3n) is 3.55. The van der Waals surface area contributed by atoms with E-state index in [1.807, 2.05) is 0 Å². The summed E-state index contributed by atoms with van der Waals surface area (Å²) in [6.07, 6.45) is -1.83. The smallest absolute Gasteiger partial charge is 0.496 e. The minimum absolute atomic E-state index is 0.0885. The molecule has 146 valence electrons. The molecule has 1 amide bonds. The highest BCUT2D eigenvalue weighted by Crippen LogP contribution is 2.27. The van der Waals surface area contributed by atoms with Gasteiger partial charge in [-0.3, -0.25) is 14.9 Å². The summed E-state index contributed by atoms with van der Waals surface area (Å²) in [5, 5.41) is 9.14. The molecule has 0 atom stereocenters. The maximum Gasteiger partial charge on any atom is 0.573 e. The van der Waals surface area contributed by atoms with Gasteiger partial charge < -0.3 is 14.8 Å². The molecule has 0 bridgehead atoms. The number of methoxy groups -OCH3 is 1. The number of aromatic amines is 1. The molecule has 0 saturated carbocycles. The zero-order valence-corrected chi connectivity index (χ0v) is 14.4. The minimum atomic E-state index is -4.90. The number of rotatable bonds is 6. The molecule has 0 aliphatic carbocycles. The first-order valence-corrected chi connectivity index (χ1v) is 7.90. The minimum Gasteiger partial charge on any atom is -0.496 e. The maximum atomic E-state index is 12.5. The van der Waals surface area contributed by atoms with Gasteiger partial charge in [0.25, 0.3) is 5.91 Å². The summed E-state index contributed by atoms with van der Waals surface area (Å²) in [5.41, 5.74) is 0.288. The first-order chi connectivity index (χ1) is 13.4. The van der Waals surface area contributed by atoms with E-state index >= 15 is 0 Å². The number of hydrogen-bond donors (Lipinski definition) is 2. The average molecular weight is 393 g/mol. The lowest BCUT2D eigenvalue weighted by Gasteiger charge is -2.12. The third-order valence-corrected chi connectivity index (χ3v) is 3.55. The number of carbonyl (C=O) groups excluding carboxylic acids is 1. The van der Waals surface area contributed by atoms with Gasteiger partial charge in [-0.2, -0.15) is 5.10 Å². The summed E-state index contributed by atoms with van der Waals surface area (Å²) in [4.78, 5) is 20.5. The second-order valence-electron chi connectivity index (χ2n) is 5.41. The van der Waals surface area contributed by atoms with Crippen molar-refractivity contribution in [3.8, 4) is 22.9 Å². The molecule has 0 unspecified atom stereocenters. The van der Waals surface area contributed by atoms with Crippen molar-refractivity contribution in [3.05, 3.63) is 54.1 Å². The molecule has 11 heteroatoms. The van der Waals surface area contributed by atoms with Crippen LogP contribution in [0.25, 0.3) is 11.4 Å². The van der Waals surface area contributed by atoms with Crippen LogP contribution < -0.4 is 14.8 Å². The molecule has 28 heavy (non-hydrogen) atoms. The van der Waals surface area contributed by atoms with Gasteiger partial charge in [0.05, 0.1) is 24.8 Å². The first kappa shape index (κ1) is 19.1. The number of benzene rings is 1. The first-order valence-electron chi connectivity index (χ1n) is 7.90. The van der Waals surface area contributed by atoms with Crippen LogP contribution in [0.5, 0.6) is 11.5 Å². The molecule has 0 radical (unpaired) electrons. The summed E-state index contributed by atoms with van der Waals surface area (Å²) >= 11 is 0. The molecule has 0 aliphatic heterocycles. The Kier molecular flexibility index (Phi) is 5.43. The van der Waals surface area contributed by atoms with Crippen molar-refractivity contribution in [2.24, 2.45) is 0 Å². The predicted molar refractivity (Wildman–Crippen MR) is 90.5 cm³/mol. The molecular formula is C17H14F3N5O3. The molecule has 2 aromatic heterocycles. The SMILES string of the molecule is COc1ccncc1-c1n[nH]c(CNC(=O)c2ccccc2OC(F)(F)F)n1. The molecule has 1 aromatic carbocycles. The molecule has 8 nitrogen and oxygen atoms in total. The summed E-state index contributed by atoms with van der Waals surface area (Å²) < 4.78 is 46.5. The van der Waals surface area contributed by atoms with Crippen molar-refractivity contribution < 1.29 is 27.4 Å². The number of amides is 1. The number of hydrogen-bond acceptors (Lipinski definition) is 6. The lowest BCUT2D eigenvalue weighted by Crippen LogP contribution is -2.26. The van der Waals surface area contributed by atoms with Crippen LogP contribution in [0.15, 0.2) is 42.7 Å². The van der Waals surface area contributed by atoms with Gasteiger partial charge in [0.1, 0.15) is 17.3 Å². The van der Waals surface area contributed by atoms with E-state index < -0.39 is 18.0 Å². The van der Waals surface area contributed by atoms with Gasteiger partial charge in [-0.05, 0) is 18.2 Å². The van der Waals surface area contributed by atoms with E-state index in [1.165, 1.54) is 31.5 Å². The Bertz CT molecular complexity index is 974. The Balaban J connectivity index is 1.70. The van der Waals surface area contributed by atoms with Gasteiger partial charge in [0.15, 0.2) is 5.82 Å². The number of aromatic nitrogens is 4. The quantitative estimate of drug-likeness (QED) is 0.668. The van der Waals surface area contributed by atoms with Crippen molar-refractivity contribution in [3.63, 3.8) is 0 Å². The van der Waals surface area contributed by atoms with Crippen LogP contribution >= 0.6 is 0 Å². The van der Waals surface area contributed by atoms with Crippen LogP contribution in [0.2, 0.25) is 0 Å². The van der Waals surface area contributed by atoms with E-state index in [1.54, 1.807) is 12.3 Å². The standard InChI is InChI=1S/C17H14F3N5O3/c1-27-12-6-7-21-8-11(12)15-23-14(24-25-15)9-22-16(26)10-4-2-3-5-13(10)28-17(18,19)20/h2-8H,9H2,1H3,(H,22,26)(H,23,24,25). The van der Waals surface area contributed by atoms with E-state index in [9.17, 15) is 18.0 Å². The van der Waals surface area contributed by atoms with Crippen LogP contribution in [-0.4, -0.2) is 39.5 Å². The predicted octanol–water partition coefficient (Wildman–Crippen LogP) is 2.70. The van der Waals surface area contributed by atoms with Gasteiger partial charge in [0.2, 0.25) is 0 Å². The topological polar surface area (TPSA) is 102 Å². The molecule has 2 N–H and O–H groups in total. The van der Waals surface area contributed by atoms with Crippen molar-refractivity contribution >= 4 is 5.91 Å². The van der Waals surface area contributed by atoms with Crippen LogP contribution in [0.3, 0.4) is 0 Å². The monoisotopic (exact) mass is 393 g/mol. The van der Waals surface area contributed by atoms with Gasteiger partial charge >= 0.3 is 6.36 Å². The average Bonchev–Trinajstić information content (AvgIpc) is 3.14. The second-order valence-corrected chi connectivity index (χ2v) is 5.41. The van der Waals surface area contributed by atoms with Gasteiger partial charge in [0, 0.05) is 12.4 Å². The summed E-state index contributed by atoms with van der Waals surface area (Å²) in [6.45, 7) is -0.0885. The Morgan fingerprint density at radius 3 is 2.75 bits per heavy atom. The van der Waals surface area contributed by atoms with E-state index in [-0.39, 0.29) is 12.1 Å². The van der Waals surface area contributed by atoms with Crippen molar-refractivity contribution in [1.29, 1.82) is 0 Å². The van der Waals surface area contributed by atoms with Crippen LogP contribution in [-0.2, 0) is 6.54 Å². The van der Waals surface area contributed by atoms with E-state index in [0.717, 1.165) is 6.07 Å². The number of H-pyrrole nitrogens is 1. The molecular weight excluding hydrogens is 379 g/mol. The number of alkyl halides is 3. The molecule has 0 spiro atoms. The summed E-state index contributed by atoms with van der Waals surface area (Å²) in [5.74, 6) is -0.232. The van der Waals surface area contributed by atoms with Crippen molar-refractivity contribution in [2.75, 3.05) is 7.11 Å². The highest BCUT2D eigenvalue weighted by molar-refractivity contribution is 5.96. The largest absolute Gasteiger partial charge is 0.573 e. The number of halogens is 3. The zero-order valence-electron chi connectivity index (χ0n) is 14.4. The number of pyridine rings is 1. The Morgan fingerprint density at radius 2 is 2.00 bits per heavy atom. The number of para-hydroxylation sites is 1. The lowest BCUT2D eigenvalue weighted by molar-refractivity contribution is -0.274. The fourth-order valence-corrected chi connectivity index (χ4v) is 2.35. The normalized spacial score (nSPS) is 11.1. The Labute approximate surface area is 156 Å². The van der Waals surface area contributed by atoms with Crippen molar-refractivity contribution in [2.45, 2.75) is 12.9 Å². The van der Waals surface area contributed by atoms with Gasteiger partial charge in [-0.25, -0.2) is 4.98 Å². The molecule has 0 saturated heterocycles. The number of nitrogens with one attached hydrogen (secondary N) is 2. The highest BCUT2D eigenvalue weighted by atomic mass is 19.4. The molecule has 0 aliphatic rings. The maximum absolute atomic E-state index is 12.5. The Hall–Kier alpha value is -3.63.